The Hall–Kier alpha value is -2.57. The third-order valence-corrected chi connectivity index (χ3v) is 6.35. The molecular weight excluding hydrogens is 372 g/mol. The van der Waals surface area contributed by atoms with Crippen LogP contribution >= 0.6 is 0 Å². The van der Waals surface area contributed by atoms with Gasteiger partial charge in [0.2, 0.25) is 0 Å². The fraction of sp³-hybridized carbons (Fsp3) is 0.591. The van der Waals surface area contributed by atoms with Crippen molar-refractivity contribution in [3.05, 3.63) is 30.3 Å². The Balaban J connectivity index is 1.14. The van der Waals surface area contributed by atoms with E-state index in [1.54, 1.807) is 12.1 Å². The number of carbonyl (C=O) groups is 3. The highest BCUT2D eigenvalue weighted by atomic mass is 16.5. The number of urea groups is 1. The first kappa shape index (κ1) is 19.7. The van der Waals surface area contributed by atoms with E-state index in [9.17, 15) is 14.4 Å². The van der Waals surface area contributed by atoms with Gasteiger partial charge < -0.3 is 14.8 Å². The van der Waals surface area contributed by atoms with E-state index in [2.05, 4.69) is 10.6 Å². The van der Waals surface area contributed by atoms with Crippen molar-refractivity contribution in [1.82, 2.24) is 10.6 Å². The second kappa shape index (κ2) is 8.43. The highest BCUT2D eigenvalue weighted by Crippen LogP contribution is 2.55. The lowest BCUT2D eigenvalue weighted by molar-refractivity contribution is -0.148. The molecule has 4 bridgehead atoms. The van der Waals surface area contributed by atoms with Crippen LogP contribution < -0.4 is 15.4 Å². The topological polar surface area (TPSA) is 93.7 Å². The molecule has 0 aromatic heterocycles. The Labute approximate surface area is 170 Å². The Morgan fingerprint density at radius 2 is 1.59 bits per heavy atom. The molecule has 0 heterocycles. The van der Waals surface area contributed by atoms with E-state index in [-0.39, 0.29) is 18.6 Å². The quantitative estimate of drug-likeness (QED) is 0.687. The van der Waals surface area contributed by atoms with Crippen molar-refractivity contribution in [3.8, 4) is 5.75 Å². The molecule has 0 unspecified atom stereocenters. The summed E-state index contributed by atoms with van der Waals surface area (Å²) in [5.74, 6) is 1.62. The van der Waals surface area contributed by atoms with Crippen molar-refractivity contribution < 1.29 is 23.9 Å². The lowest BCUT2D eigenvalue weighted by Gasteiger charge is -2.56. The number of rotatable bonds is 7. The molecule has 0 spiro atoms. The summed E-state index contributed by atoms with van der Waals surface area (Å²) in [4.78, 5) is 36.0. The van der Waals surface area contributed by atoms with Crippen molar-refractivity contribution in [3.63, 3.8) is 0 Å². The van der Waals surface area contributed by atoms with E-state index in [4.69, 9.17) is 9.47 Å². The summed E-state index contributed by atoms with van der Waals surface area (Å²) < 4.78 is 10.3. The van der Waals surface area contributed by atoms with Gasteiger partial charge >= 0.3 is 12.0 Å². The summed E-state index contributed by atoms with van der Waals surface area (Å²) in [6.45, 7) is -0.310. The molecule has 0 radical (unpaired) electrons. The second-order valence-electron chi connectivity index (χ2n) is 8.77. The zero-order chi connectivity index (χ0) is 20.3. The van der Waals surface area contributed by atoms with Crippen LogP contribution in [0.25, 0.3) is 0 Å². The van der Waals surface area contributed by atoms with Gasteiger partial charge in [-0.15, -0.1) is 0 Å². The third kappa shape index (κ3) is 5.08. The molecular formula is C22H28N2O5. The van der Waals surface area contributed by atoms with Crippen molar-refractivity contribution in [1.29, 1.82) is 0 Å². The summed E-state index contributed by atoms with van der Waals surface area (Å²) >= 11 is 0. The van der Waals surface area contributed by atoms with Crippen LogP contribution in [0, 0.1) is 17.8 Å². The van der Waals surface area contributed by atoms with Crippen molar-refractivity contribution in [2.24, 2.45) is 17.8 Å². The molecule has 156 valence electrons. The van der Waals surface area contributed by atoms with Crippen LogP contribution in [0.2, 0.25) is 0 Å². The summed E-state index contributed by atoms with van der Waals surface area (Å²) in [5.41, 5.74) is -0.162. The smallest absolute Gasteiger partial charge is 0.321 e. The van der Waals surface area contributed by atoms with Crippen molar-refractivity contribution in [2.45, 2.75) is 50.5 Å². The van der Waals surface area contributed by atoms with E-state index >= 15 is 0 Å². The minimum Gasteiger partial charge on any atom is -0.493 e. The largest absolute Gasteiger partial charge is 0.493 e. The first-order valence-electron chi connectivity index (χ1n) is 10.5. The van der Waals surface area contributed by atoms with Gasteiger partial charge in [-0.1, -0.05) is 18.2 Å². The molecule has 4 aliphatic carbocycles. The molecule has 4 saturated carbocycles. The van der Waals surface area contributed by atoms with E-state index < -0.39 is 24.5 Å². The summed E-state index contributed by atoms with van der Waals surface area (Å²) in [6.07, 6.45) is 6.91. The standard InChI is InChI=1S/C22H28N2O5/c25-19(14-29-20(26)6-7-28-18-4-2-1-3-5-18)23-21(27)24-22-11-15-8-16(12-22)10-17(9-15)13-22/h1-5,15-17H,6-14H2,(H2,23,24,25,27). The average molecular weight is 400 g/mol. The highest BCUT2D eigenvalue weighted by Gasteiger charge is 2.51. The monoisotopic (exact) mass is 400 g/mol. The van der Waals surface area contributed by atoms with Gasteiger partial charge in [-0.05, 0) is 68.4 Å². The molecule has 4 aliphatic rings. The third-order valence-electron chi connectivity index (χ3n) is 6.35. The number of para-hydroxylation sites is 1. The normalized spacial score (nSPS) is 29.2. The highest BCUT2D eigenvalue weighted by molar-refractivity contribution is 5.95. The number of nitrogens with one attached hydrogen (secondary N) is 2. The first-order chi connectivity index (χ1) is 14.0. The van der Waals surface area contributed by atoms with E-state index in [0.29, 0.717) is 23.5 Å². The molecule has 7 heteroatoms. The maximum atomic E-state index is 12.3. The van der Waals surface area contributed by atoms with Gasteiger partial charge in [0, 0.05) is 5.54 Å². The molecule has 0 atom stereocenters. The first-order valence-corrected chi connectivity index (χ1v) is 10.5. The number of esters is 1. The molecule has 2 N–H and O–H groups in total. The second-order valence-corrected chi connectivity index (χ2v) is 8.77. The van der Waals surface area contributed by atoms with Crippen molar-refractivity contribution in [2.75, 3.05) is 13.2 Å². The van der Waals surface area contributed by atoms with Crippen LogP contribution in [0.15, 0.2) is 30.3 Å². The average Bonchev–Trinajstić information content (AvgIpc) is 2.65. The predicted molar refractivity (Wildman–Crippen MR) is 105 cm³/mol. The van der Waals surface area contributed by atoms with E-state index in [0.717, 1.165) is 19.3 Å². The molecule has 7 nitrogen and oxygen atoms in total. The predicted octanol–water partition coefficient (Wildman–Crippen LogP) is 2.79. The number of benzene rings is 1. The molecule has 0 saturated heterocycles. The minimum absolute atomic E-state index is 0.0294. The van der Waals surface area contributed by atoms with Gasteiger partial charge in [-0.25, -0.2) is 4.79 Å². The fourth-order valence-electron chi connectivity index (χ4n) is 5.69. The Kier molecular flexibility index (Phi) is 5.74. The van der Waals surface area contributed by atoms with Gasteiger partial charge in [0.25, 0.3) is 5.91 Å². The lowest BCUT2D eigenvalue weighted by atomic mass is 9.53. The number of ether oxygens (including phenoxy) is 2. The molecule has 5 rings (SSSR count). The molecule has 29 heavy (non-hydrogen) atoms. The van der Waals surface area contributed by atoms with Gasteiger partial charge in [0.05, 0.1) is 13.0 Å². The maximum Gasteiger partial charge on any atom is 0.321 e. The molecule has 3 amide bonds. The summed E-state index contributed by atoms with van der Waals surface area (Å²) in [7, 11) is 0. The lowest BCUT2D eigenvalue weighted by Crippen LogP contribution is -2.62. The van der Waals surface area contributed by atoms with Gasteiger partial charge in [-0.3, -0.25) is 14.9 Å². The zero-order valence-electron chi connectivity index (χ0n) is 16.5. The Morgan fingerprint density at radius 1 is 0.966 bits per heavy atom. The Bertz CT molecular complexity index is 728. The van der Waals surface area contributed by atoms with Crippen LogP contribution in [0.4, 0.5) is 4.79 Å². The van der Waals surface area contributed by atoms with Crippen LogP contribution in [-0.4, -0.2) is 36.7 Å². The number of hydrogen-bond acceptors (Lipinski definition) is 5. The molecule has 1 aromatic rings. The van der Waals surface area contributed by atoms with Crippen molar-refractivity contribution >= 4 is 17.9 Å². The molecule has 0 aliphatic heterocycles. The number of carbonyl (C=O) groups excluding carboxylic acids is 3. The van der Waals surface area contributed by atoms with Crippen LogP contribution in [-0.2, 0) is 14.3 Å². The van der Waals surface area contributed by atoms with Crippen LogP contribution in [0.3, 0.4) is 0 Å². The van der Waals surface area contributed by atoms with E-state index in [1.165, 1.54) is 19.3 Å². The van der Waals surface area contributed by atoms with E-state index in [1.807, 2.05) is 18.2 Å². The number of imide groups is 1. The summed E-state index contributed by atoms with van der Waals surface area (Å²) in [5, 5.41) is 5.36. The van der Waals surface area contributed by atoms with Gasteiger partial charge in [0.15, 0.2) is 6.61 Å². The fourth-order valence-corrected chi connectivity index (χ4v) is 5.69. The van der Waals surface area contributed by atoms with Gasteiger partial charge in [0.1, 0.15) is 5.75 Å². The van der Waals surface area contributed by atoms with Crippen LogP contribution in [0.1, 0.15) is 44.9 Å². The molecule has 1 aromatic carbocycles. The minimum atomic E-state index is -0.621. The summed E-state index contributed by atoms with van der Waals surface area (Å²) in [6, 6.07) is 8.65. The van der Waals surface area contributed by atoms with Crippen LogP contribution in [0.5, 0.6) is 5.75 Å². The Morgan fingerprint density at radius 3 is 2.21 bits per heavy atom. The SMILES string of the molecule is O=C(COC(=O)CCOc1ccccc1)NC(=O)NC12CC3CC(CC(C3)C1)C2. The maximum absolute atomic E-state index is 12.3. The number of amides is 3. The van der Waals surface area contributed by atoms with Gasteiger partial charge in [-0.2, -0.15) is 0 Å². The number of hydrogen-bond donors (Lipinski definition) is 2. The molecule has 4 fully saturated rings. The zero-order valence-corrected chi connectivity index (χ0v) is 16.5.